The maximum absolute atomic E-state index is 11.8. The van der Waals surface area contributed by atoms with Crippen molar-refractivity contribution in [2.24, 2.45) is 0 Å². The van der Waals surface area contributed by atoms with Gasteiger partial charge in [0.25, 0.3) is 5.24 Å². The van der Waals surface area contributed by atoms with Crippen LogP contribution in [0, 0.1) is 0 Å². The SMILES string of the molecule is C[C@H](Cc1ccco1)NC(=O)CCN1CCSC1=O. The minimum Gasteiger partial charge on any atom is -0.469 e. The van der Waals surface area contributed by atoms with Gasteiger partial charge in [-0.2, -0.15) is 0 Å². The minimum absolute atomic E-state index is 0.0243. The Bertz CT molecular complexity index is 433. The van der Waals surface area contributed by atoms with Crippen molar-refractivity contribution in [3.8, 4) is 0 Å². The van der Waals surface area contributed by atoms with Gasteiger partial charge in [0.05, 0.1) is 6.26 Å². The first-order valence-corrected chi connectivity index (χ1v) is 7.37. The van der Waals surface area contributed by atoms with Gasteiger partial charge in [0, 0.05) is 37.7 Å². The van der Waals surface area contributed by atoms with Gasteiger partial charge < -0.3 is 14.6 Å². The summed E-state index contributed by atoms with van der Waals surface area (Å²) in [5.74, 6) is 1.66. The van der Waals surface area contributed by atoms with Crippen LogP contribution >= 0.6 is 11.8 Å². The molecule has 0 aliphatic carbocycles. The van der Waals surface area contributed by atoms with Gasteiger partial charge in [-0.3, -0.25) is 9.59 Å². The zero-order chi connectivity index (χ0) is 13.7. The lowest BCUT2D eigenvalue weighted by Gasteiger charge is -2.16. The van der Waals surface area contributed by atoms with Crippen LogP contribution in [-0.4, -0.2) is 40.9 Å². The highest BCUT2D eigenvalue weighted by atomic mass is 32.2. The zero-order valence-electron chi connectivity index (χ0n) is 10.9. The normalized spacial score (nSPS) is 16.7. The summed E-state index contributed by atoms with van der Waals surface area (Å²) in [5, 5.41) is 2.99. The van der Waals surface area contributed by atoms with Crippen LogP contribution in [-0.2, 0) is 11.2 Å². The van der Waals surface area contributed by atoms with Gasteiger partial charge in [-0.05, 0) is 19.1 Å². The third kappa shape index (κ3) is 4.31. The van der Waals surface area contributed by atoms with Crippen molar-refractivity contribution in [2.45, 2.75) is 25.8 Å². The number of furan rings is 1. The van der Waals surface area contributed by atoms with Gasteiger partial charge in [0.1, 0.15) is 5.76 Å². The minimum atomic E-state index is -0.0243. The van der Waals surface area contributed by atoms with Crippen molar-refractivity contribution in [1.82, 2.24) is 10.2 Å². The second kappa shape index (κ2) is 6.65. The van der Waals surface area contributed by atoms with E-state index in [1.165, 1.54) is 11.8 Å². The monoisotopic (exact) mass is 282 g/mol. The number of rotatable bonds is 6. The van der Waals surface area contributed by atoms with Gasteiger partial charge >= 0.3 is 0 Å². The largest absolute Gasteiger partial charge is 0.469 e. The average molecular weight is 282 g/mol. The lowest BCUT2D eigenvalue weighted by Crippen LogP contribution is -2.36. The lowest BCUT2D eigenvalue weighted by atomic mass is 10.2. The van der Waals surface area contributed by atoms with Crippen LogP contribution in [0.3, 0.4) is 0 Å². The molecule has 0 saturated carbocycles. The van der Waals surface area contributed by atoms with Crippen molar-refractivity contribution in [2.75, 3.05) is 18.8 Å². The maximum atomic E-state index is 11.8. The van der Waals surface area contributed by atoms with E-state index in [1.54, 1.807) is 11.2 Å². The summed E-state index contributed by atoms with van der Waals surface area (Å²) in [7, 11) is 0. The summed E-state index contributed by atoms with van der Waals surface area (Å²) in [6.07, 6.45) is 2.66. The molecule has 6 heteroatoms. The number of carbonyl (C=O) groups is 2. The molecule has 0 aromatic carbocycles. The molecule has 2 rings (SSSR count). The third-order valence-electron chi connectivity index (χ3n) is 2.95. The molecule has 2 amide bonds. The number of hydrogen-bond donors (Lipinski definition) is 1. The molecule has 0 spiro atoms. The molecular formula is C13H18N2O3S. The smallest absolute Gasteiger partial charge is 0.281 e. The van der Waals surface area contributed by atoms with E-state index in [9.17, 15) is 9.59 Å². The van der Waals surface area contributed by atoms with E-state index in [1.807, 2.05) is 19.1 Å². The van der Waals surface area contributed by atoms with Crippen LogP contribution in [0.25, 0.3) is 0 Å². The third-order valence-corrected chi connectivity index (χ3v) is 3.84. The predicted octanol–water partition coefficient (Wildman–Crippen LogP) is 1.89. The number of nitrogens with one attached hydrogen (secondary N) is 1. The van der Waals surface area contributed by atoms with Crippen molar-refractivity contribution in [1.29, 1.82) is 0 Å². The Balaban J connectivity index is 1.67. The molecule has 1 atom stereocenters. The van der Waals surface area contributed by atoms with Crippen LogP contribution in [0.4, 0.5) is 4.79 Å². The van der Waals surface area contributed by atoms with Gasteiger partial charge in [-0.1, -0.05) is 11.8 Å². The second-order valence-electron chi connectivity index (χ2n) is 4.60. The van der Waals surface area contributed by atoms with Gasteiger partial charge in [0.15, 0.2) is 0 Å². The van der Waals surface area contributed by atoms with Crippen LogP contribution < -0.4 is 5.32 Å². The highest BCUT2D eigenvalue weighted by Gasteiger charge is 2.21. The molecule has 1 aliphatic heterocycles. The number of thioether (sulfide) groups is 1. The van der Waals surface area contributed by atoms with Gasteiger partial charge in [-0.15, -0.1) is 0 Å². The van der Waals surface area contributed by atoms with Crippen molar-refractivity contribution in [3.05, 3.63) is 24.2 Å². The summed E-state index contributed by atoms with van der Waals surface area (Å²) >= 11 is 1.32. The quantitative estimate of drug-likeness (QED) is 0.865. The maximum Gasteiger partial charge on any atom is 0.281 e. The molecule has 0 radical (unpaired) electrons. The van der Waals surface area contributed by atoms with Crippen molar-refractivity contribution >= 4 is 22.9 Å². The van der Waals surface area contributed by atoms with Crippen molar-refractivity contribution in [3.63, 3.8) is 0 Å². The molecule has 104 valence electrons. The fourth-order valence-corrected chi connectivity index (χ4v) is 2.85. The predicted molar refractivity (Wildman–Crippen MR) is 74.1 cm³/mol. The Labute approximate surface area is 116 Å². The summed E-state index contributed by atoms with van der Waals surface area (Å²) in [6.45, 7) is 3.20. The standard InChI is InChI=1S/C13H18N2O3S/c1-10(9-11-3-2-7-18-11)14-12(16)4-5-15-6-8-19-13(15)17/h2-3,7,10H,4-6,8-9H2,1H3,(H,14,16)/t10-/m1/s1. The highest BCUT2D eigenvalue weighted by molar-refractivity contribution is 8.13. The molecule has 5 nitrogen and oxygen atoms in total. The molecule has 0 unspecified atom stereocenters. The molecule has 1 N–H and O–H groups in total. The summed E-state index contributed by atoms with van der Waals surface area (Å²) < 4.78 is 5.23. The number of hydrogen-bond acceptors (Lipinski definition) is 4. The first kappa shape index (κ1) is 14.0. The average Bonchev–Trinajstić information content (AvgIpc) is 2.98. The molecule has 1 aliphatic rings. The van der Waals surface area contributed by atoms with E-state index in [0.29, 0.717) is 19.4 Å². The second-order valence-corrected chi connectivity index (χ2v) is 5.65. The molecule has 1 aromatic rings. The van der Waals surface area contributed by atoms with E-state index < -0.39 is 0 Å². The highest BCUT2D eigenvalue weighted by Crippen LogP contribution is 2.17. The topological polar surface area (TPSA) is 62.6 Å². The molecule has 2 heterocycles. The summed E-state index contributed by atoms with van der Waals surface area (Å²) in [6, 6.07) is 3.76. The van der Waals surface area contributed by atoms with E-state index in [2.05, 4.69) is 5.32 Å². The molecular weight excluding hydrogens is 264 g/mol. The molecule has 19 heavy (non-hydrogen) atoms. The van der Waals surface area contributed by atoms with Crippen LogP contribution in [0.15, 0.2) is 22.8 Å². The molecule has 1 aromatic heterocycles. The Morgan fingerprint density at radius 2 is 2.47 bits per heavy atom. The van der Waals surface area contributed by atoms with Crippen LogP contribution in [0.5, 0.6) is 0 Å². The first-order valence-electron chi connectivity index (χ1n) is 6.38. The Morgan fingerprint density at radius 1 is 1.63 bits per heavy atom. The number of carbonyl (C=O) groups excluding carboxylic acids is 2. The van der Waals surface area contributed by atoms with Crippen LogP contribution in [0.2, 0.25) is 0 Å². The lowest BCUT2D eigenvalue weighted by molar-refractivity contribution is -0.121. The van der Waals surface area contributed by atoms with E-state index in [-0.39, 0.29) is 17.2 Å². The summed E-state index contributed by atoms with van der Waals surface area (Å²) in [5.41, 5.74) is 0. The van der Waals surface area contributed by atoms with Gasteiger partial charge in [-0.25, -0.2) is 0 Å². The fourth-order valence-electron chi connectivity index (χ4n) is 1.99. The van der Waals surface area contributed by atoms with Crippen LogP contribution in [0.1, 0.15) is 19.1 Å². The fraction of sp³-hybridized carbons (Fsp3) is 0.538. The zero-order valence-corrected chi connectivity index (χ0v) is 11.7. The number of amides is 2. The summed E-state index contributed by atoms with van der Waals surface area (Å²) in [4.78, 5) is 24.8. The molecule has 1 saturated heterocycles. The van der Waals surface area contributed by atoms with E-state index in [4.69, 9.17) is 4.42 Å². The molecule has 1 fully saturated rings. The first-order chi connectivity index (χ1) is 9.15. The Hall–Kier alpha value is -1.43. The number of nitrogens with zero attached hydrogens (tertiary/aromatic N) is 1. The Morgan fingerprint density at radius 3 is 3.11 bits per heavy atom. The van der Waals surface area contributed by atoms with Crippen molar-refractivity contribution < 1.29 is 14.0 Å². The molecule has 0 bridgehead atoms. The Kier molecular flexibility index (Phi) is 4.90. The van der Waals surface area contributed by atoms with Gasteiger partial charge in [0.2, 0.25) is 5.91 Å². The van der Waals surface area contributed by atoms with E-state index in [0.717, 1.165) is 18.1 Å². The van der Waals surface area contributed by atoms with E-state index >= 15 is 0 Å².